The first-order valence-corrected chi connectivity index (χ1v) is 15.3. The molecule has 10 nitrogen and oxygen atoms in total. The van der Waals surface area contributed by atoms with E-state index < -0.39 is 0 Å². The average molecular weight is 571 g/mol. The first-order chi connectivity index (χ1) is 19.4. The minimum atomic E-state index is -0.221. The number of piperidine rings is 1. The zero-order valence-electron chi connectivity index (χ0n) is 23.7. The summed E-state index contributed by atoms with van der Waals surface area (Å²) in [6.07, 6.45) is 8.13. The summed E-state index contributed by atoms with van der Waals surface area (Å²) in [4.78, 5) is 19.3. The molecule has 0 unspecified atom stereocenters. The highest BCUT2D eigenvalue weighted by molar-refractivity contribution is 8.14. The Hall–Kier alpha value is -2.18. The van der Waals surface area contributed by atoms with Crippen molar-refractivity contribution in [2.24, 2.45) is 27.1 Å². The van der Waals surface area contributed by atoms with E-state index in [9.17, 15) is 5.11 Å². The Labute approximate surface area is 241 Å². The third-order valence-corrected chi connectivity index (χ3v) is 10.6. The second kappa shape index (κ2) is 11.2. The predicted octanol–water partition coefficient (Wildman–Crippen LogP) is 3.05. The van der Waals surface area contributed by atoms with Crippen LogP contribution in [0.5, 0.6) is 5.75 Å². The fourth-order valence-corrected chi connectivity index (χ4v) is 8.18. The molecule has 1 saturated carbocycles. The normalized spacial score (nSPS) is 29.1. The number of fused-ring (bicyclic) bond motifs is 3. The van der Waals surface area contributed by atoms with Crippen LogP contribution in [0.25, 0.3) is 0 Å². The molecule has 1 aromatic heterocycles. The van der Waals surface area contributed by atoms with Gasteiger partial charge >= 0.3 is 0 Å². The molecule has 5 aliphatic rings. The van der Waals surface area contributed by atoms with Crippen LogP contribution in [0.15, 0.2) is 38.7 Å². The van der Waals surface area contributed by atoms with Gasteiger partial charge in [0.2, 0.25) is 0 Å². The van der Waals surface area contributed by atoms with Crippen LogP contribution < -0.4 is 15.4 Å². The van der Waals surface area contributed by atoms with E-state index in [1.54, 1.807) is 7.11 Å². The van der Waals surface area contributed by atoms with Crippen LogP contribution in [-0.4, -0.2) is 97.6 Å². The summed E-state index contributed by atoms with van der Waals surface area (Å²) in [6.45, 7) is 10.2. The Morgan fingerprint density at radius 1 is 1.32 bits per heavy atom. The molecule has 6 rings (SSSR count). The number of aliphatic hydroxyl groups excluding tert-OH is 1. The van der Waals surface area contributed by atoms with Crippen LogP contribution in [0.3, 0.4) is 0 Å². The predicted molar refractivity (Wildman–Crippen MR) is 157 cm³/mol. The molecule has 40 heavy (non-hydrogen) atoms. The minimum absolute atomic E-state index is 0.0238. The molecular formula is C29H42N6O4S. The Bertz CT molecular complexity index is 1180. The minimum Gasteiger partial charge on any atom is -0.486 e. The van der Waals surface area contributed by atoms with Gasteiger partial charge in [-0.1, -0.05) is 11.8 Å². The summed E-state index contributed by atoms with van der Waals surface area (Å²) in [5, 5.41) is 11.1. The molecule has 3 N–H and O–H groups in total. The number of aliphatic imine (C=N–C) groups is 2. The van der Waals surface area contributed by atoms with Gasteiger partial charge in [-0.15, -0.1) is 0 Å². The van der Waals surface area contributed by atoms with E-state index >= 15 is 0 Å². The van der Waals surface area contributed by atoms with Crippen molar-refractivity contribution < 1.29 is 19.3 Å². The van der Waals surface area contributed by atoms with E-state index in [4.69, 9.17) is 24.9 Å². The van der Waals surface area contributed by atoms with E-state index in [0.29, 0.717) is 30.1 Å². The number of thioether (sulfide) groups is 1. The van der Waals surface area contributed by atoms with Crippen LogP contribution in [-0.2, 0) is 9.47 Å². The van der Waals surface area contributed by atoms with Gasteiger partial charge in [0.05, 0.1) is 41.4 Å². The SMILES string of the molecule is C=N/C(=C(/CO)N=C(C)Sc1ccnc2c1OC[C@@H]1C[C@H](COC)CN21)N1CCC2(CC1)COC1(CCC1)[C@H]2N. The van der Waals surface area contributed by atoms with Crippen LogP contribution in [0, 0.1) is 11.3 Å². The number of nitrogens with two attached hydrogens (primary N) is 1. The van der Waals surface area contributed by atoms with Crippen LogP contribution in [0.2, 0.25) is 0 Å². The van der Waals surface area contributed by atoms with Gasteiger partial charge in [0.25, 0.3) is 0 Å². The van der Waals surface area contributed by atoms with Gasteiger partial charge in [0.15, 0.2) is 17.4 Å². The largest absolute Gasteiger partial charge is 0.486 e. The second-order valence-electron chi connectivity index (χ2n) is 12.0. The van der Waals surface area contributed by atoms with Gasteiger partial charge in [0, 0.05) is 50.3 Å². The lowest BCUT2D eigenvalue weighted by Crippen LogP contribution is -2.58. The van der Waals surface area contributed by atoms with Crippen molar-refractivity contribution in [3.8, 4) is 5.75 Å². The third kappa shape index (κ3) is 4.83. The van der Waals surface area contributed by atoms with Crippen molar-refractivity contribution in [3.05, 3.63) is 23.8 Å². The van der Waals surface area contributed by atoms with E-state index in [1.165, 1.54) is 18.2 Å². The number of likely N-dealkylation sites (tertiary alicyclic amines) is 1. The lowest BCUT2D eigenvalue weighted by Gasteiger charge is -2.47. The van der Waals surface area contributed by atoms with Gasteiger partial charge in [-0.25, -0.2) is 15.0 Å². The molecule has 4 aliphatic heterocycles. The molecule has 0 amide bonds. The number of rotatable bonds is 7. The topological polar surface area (TPSA) is 118 Å². The summed E-state index contributed by atoms with van der Waals surface area (Å²) in [6, 6.07) is 2.38. The molecule has 2 spiro atoms. The lowest BCUT2D eigenvalue weighted by atomic mass is 9.64. The third-order valence-electron chi connectivity index (χ3n) is 9.69. The van der Waals surface area contributed by atoms with Gasteiger partial charge in [-0.3, -0.25) is 0 Å². The Morgan fingerprint density at radius 2 is 2.12 bits per heavy atom. The number of hydrogen-bond donors (Lipinski definition) is 2. The Morgan fingerprint density at radius 3 is 2.77 bits per heavy atom. The van der Waals surface area contributed by atoms with Gasteiger partial charge in [0.1, 0.15) is 12.3 Å². The Kier molecular flexibility index (Phi) is 7.86. The van der Waals surface area contributed by atoms with E-state index in [-0.39, 0.29) is 23.7 Å². The molecule has 0 radical (unpaired) electrons. The van der Waals surface area contributed by atoms with Crippen molar-refractivity contribution in [2.75, 3.05) is 58.1 Å². The fourth-order valence-electron chi connectivity index (χ4n) is 7.33. The zero-order valence-corrected chi connectivity index (χ0v) is 24.5. The van der Waals surface area contributed by atoms with Gasteiger partial charge < -0.3 is 34.9 Å². The maximum absolute atomic E-state index is 10.3. The maximum atomic E-state index is 10.3. The maximum Gasteiger partial charge on any atom is 0.175 e. The highest BCUT2D eigenvalue weighted by Crippen LogP contribution is 2.53. The Balaban J connectivity index is 1.16. The summed E-state index contributed by atoms with van der Waals surface area (Å²) >= 11 is 1.52. The molecule has 3 atom stereocenters. The lowest BCUT2D eigenvalue weighted by molar-refractivity contribution is -0.0646. The van der Waals surface area contributed by atoms with Crippen molar-refractivity contribution in [1.82, 2.24) is 9.88 Å². The highest BCUT2D eigenvalue weighted by atomic mass is 32.2. The molecule has 1 aromatic rings. The molecule has 3 saturated heterocycles. The van der Waals surface area contributed by atoms with Crippen molar-refractivity contribution in [2.45, 2.75) is 68.0 Å². The number of ether oxygens (including phenoxy) is 3. The molecule has 5 heterocycles. The molecule has 218 valence electrons. The monoisotopic (exact) mass is 570 g/mol. The highest BCUT2D eigenvalue weighted by Gasteiger charge is 2.59. The second-order valence-corrected chi connectivity index (χ2v) is 13.2. The summed E-state index contributed by atoms with van der Waals surface area (Å²) in [5.41, 5.74) is 7.23. The molecule has 1 aliphatic carbocycles. The number of nitrogens with zero attached hydrogens (tertiary/aromatic N) is 5. The molecule has 4 fully saturated rings. The molecule has 11 heteroatoms. The van der Waals surface area contributed by atoms with Gasteiger partial charge in [-0.05, 0) is 58.2 Å². The average Bonchev–Trinajstić information content (AvgIpc) is 3.48. The summed E-state index contributed by atoms with van der Waals surface area (Å²) in [7, 11) is 1.75. The van der Waals surface area contributed by atoms with Crippen molar-refractivity contribution in [3.63, 3.8) is 0 Å². The first kappa shape index (κ1) is 28.0. The van der Waals surface area contributed by atoms with Crippen molar-refractivity contribution in [1.29, 1.82) is 0 Å². The standard InChI is InChI=1S/C29H42N6O4S/c1-19(40-23-5-10-32-26-24(23)38-17-21-13-20(16-37-3)14-35(21)26)33-22(15-36)25(31-2)34-11-8-28(9-12-34)18-39-29(27(28)30)6-4-7-29/h5,10,20-21,27,36H,2,4,6-9,11-18,30H2,1,3H3/b25-22+,33-19?/t20-,21-,27-/m0/s1. The number of aliphatic hydroxyl groups is 1. The first-order valence-electron chi connectivity index (χ1n) is 14.5. The summed E-state index contributed by atoms with van der Waals surface area (Å²) < 4.78 is 17.9. The number of hydrogen-bond acceptors (Lipinski definition) is 11. The molecule has 0 aromatic carbocycles. The van der Waals surface area contributed by atoms with Crippen LogP contribution in [0.1, 0.15) is 45.4 Å². The number of aromatic nitrogens is 1. The van der Waals surface area contributed by atoms with Crippen molar-refractivity contribution >= 4 is 29.3 Å². The number of pyridine rings is 1. The number of anilines is 1. The fraction of sp³-hybridized carbons (Fsp3) is 0.690. The molecular weight excluding hydrogens is 528 g/mol. The van der Waals surface area contributed by atoms with Crippen LogP contribution in [0.4, 0.5) is 5.82 Å². The smallest absolute Gasteiger partial charge is 0.175 e. The van der Waals surface area contributed by atoms with E-state index in [2.05, 4.69) is 26.5 Å². The molecule has 0 bridgehead atoms. The quantitative estimate of drug-likeness (QED) is 0.290. The van der Waals surface area contributed by atoms with Crippen LogP contribution >= 0.6 is 11.8 Å². The number of methoxy groups -OCH3 is 1. The van der Waals surface area contributed by atoms with Gasteiger partial charge in [-0.2, -0.15) is 0 Å². The summed E-state index contributed by atoms with van der Waals surface area (Å²) in [5.74, 6) is 2.81. The van der Waals surface area contributed by atoms with E-state index in [1.807, 2.05) is 19.2 Å². The zero-order chi connectivity index (χ0) is 27.9. The van der Waals surface area contributed by atoms with E-state index in [0.717, 1.165) is 86.5 Å².